The molecule has 0 radical (unpaired) electrons. The molecule has 3 aromatic rings. The van der Waals surface area contributed by atoms with Gasteiger partial charge in [0.15, 0.2) is 0 Å². The summed E-state index contributed by atoms with van der Waals surface area (Å²) < 4.78 is 0. The normalized spacial score (nSPS) is 10.6. The Morgan fingerprint density at radius 3 is 2.82 bits per heavy atom. The molecule has 0 unspecified atom stereocenters. The molecule has 0 bridgehead atoms. The van der Waals surface area contributed by atoms with Crippen molar-refractivity contribution >= 4 is 16.6 Å². The van der Waals surface area contributed by atoms with Crippen LogP contribution >= 0.6 is 0 Å². The van der Waals surface area contributed by atoms with Gasteiger partial charge in [0.05, 0.1) is 5.52 Å². The molecule has 0 aliphatic rings. The third-order valence-electron chi connectivity index (χ3n) is 2.77. The van der Waals surface area contributed by atoms with Gasteiger partial charge in [-0.3, -0.25) is 9.97 Å². The van der Waals surface area contributed by atoms with Crippen LogP contribution in [0.5, 0.6) is 0 Å². The summed E-state index contributed by atoms with van der Waals surface area (Å²) in [7, 11) is 0. The lowest BCUT2D eigenvalue weighted by Gasteiger charge is -2.05. The van der Waals surface area contributed by atoms with Crippen LogP contribution in [0.2, 0.25) is 0 Å². The van der Waals surface area contributed by atoms with Gasteiger partial charge >= 0.3 is 0 Å². The predicted octanol–water partition coefficient (Wildman–Crippen LogP) is 2.88. The molecule has 17 heavy (non-hydrogen) atoms. The maximum absolute atomic E-state index is 5.94. The number of fused-ring (bicyclic) bond motifs is 1. The average Bonchev–Trinajstić information content (AvgIpc) is 2.39. The van der Waals surface area contributed by atoms with E-state index in [4.69, 9.17) is 5.73 Å². The molecular formula is C14H11N3. The van der Waals surface area contributed by atoms with Crippen molar-refractivity contribution in [2.75, 3.05) is 5.73 Å². The minimum absolute atomic E-state index is 0.732. The van der Waals surface area contributed by atoms with E-state index in [0.29, 0.717) is 0 Å². The molecule has 0 aliphatic carbocycles. The van der Waals surface area contributed by atoms with E-state index < -0.39 is 0 Å². The van der Waals surface area contributed by atoms with Gasteiger partial charge in [0.2, 0.25) is 0 Å². The van der Waals surface area contributed by atoms with Crippen LogP contribution in [-0.2, 0) is 0 Å². The fraction of sp³-hybridized carbons (Fsp3) is 0. The Labute approximate surface area is 98.9 Å². The van der Waals surface area contributed by atoms with Crippen molar-refractivity contribution in [2.45, 2.75) is 0 Å². The number of rotatable bonds is 1. The molecule has 3 rings (SSSR count). The van der Waals surface area contributed by atoms with E-state index in [1.807, 2.05) is 30.3 Å². The fourth-order valence-corrected chi connectivity index (χ4v) is 1.88. The van der Waals surface area contributed by atoms with Gasteiger partial charge in [-0.05, 0) is 23.8 Å². The lowest BCUT2D eigenvalue weighted by Crippen LogP contribution is -1.90. The smallest absolute Gasteiger partial charge is 0.0708 e. The average molecular weight is 221 g/mol. The number of nitrogens with two attached hydrogens (primary N) is 1. The highest BCUT2D eigenvalue weighted by Crippen LogP contribution is 2.26. The number of nitrogens with zero attached hydrogens (tertiary/aromatic N) is 2. The van der Waals surface area contributed by atoms with Crippen LogP contribution < -0.4 is 5.73 Å². The van der Waals surface area contributed by atoms with Gasteiger partial charge < -0.3 is 5.73 Å². The van der Waals surface area contributed by atoms with Crippen LogP contribution in [0.15, 0.2) is 55.0 Å². The number of hydrogen-bond acceptors (Lipinski definition) is 3. The third-order valence-corrected chi connectivity index (χ3v) is 2.77. The lowest BCUT2D eigenvalue weighted by atomic mass is 10.0. The van der Waals surface area contributed by atoms with Gasteiger partial charge in [-0.1, -0.05) is 18.2 Å². The zero-order valence-corrected chi connectivity index (χ0v) is 9.17. The summed E-state index contributed by atoms with van der Waals surface area (Å²) in [5.41, 5.74) is 9.62. The first kappa shape index (κ1) is 9.78. The molecule has 82 valence electrons. The minimum Gasteiger partial charge on any atom is -0.398 e. The standard InChI is InChI=1S/C14H11N3/c15-13-5-7-16-9-12(13)11-4-3-10-2-1-6-17-14(10)8-11/h1-9H,(H2,15,16). The number of pyridine rings is 2. The van der Waals surface area contributed by atoms with Crippen LogP contribution in [0.25, 0.3) is 22.0 Å². The Bertz CT molecular complexity index is 677. The summed E-state index contributed by atoms with van der Waals surface area (Å²) in [5, 5.41) is 1.12. The van der Waals surface area contributed by atoms with Crippen LogP contribution in [0, 0.1) is 0 Å². The first-order chi connectivity index (χ1) is 8.34. The Morgan fingerprint density at radius 2 is 1.94 bits per heavy atom. The second kappa shape index (κ2) is 3.87. The zero-order valence-electron chi connectivity index (χ0n) is 9.17. The van der Waals surface area contributed by atoms with Crippen molar-refractivity contribution in [3.63, 3.8) is 0 Å². The van der Waals surface area contributed by atoms with E-state index in [1.54, 1.807) is 24.7 Å². The van der Waals surface area contributed by atoms with Crippen LogP contribution in [0.4, 0.5) is 5.69 Å². The summed E-state index contributed by atoms with van der Waals surface area (Å²) in [6.45, 7) is 0. The molecule has 3 heteroatoms. The number of aromatic nitrogens is 2. The third kappa shape index (κ3) is 1.72. The fourth-order valence-electron chi connectivity index (χ4n) is 1.88. The Morgan fingerprint density at radius 1 is 1.00 bits per heavy atom. The number of benzene rings is 1. The summed E-state index contributed by atoms with van der Waals surface area (Å²) in [4.78, 5) is 8.44. The molecular weight excluding hydrogens is 210 g/mol. The number of anilines is 1. The molecule has 0 amide bonds. The van der Waals surface area contributed by atoms with Gasteiger partial charge in [-0.25, -0.2) is 0 Å². The van der Waals surface area contributed by atoms with Crippen molar-refractivity contribution in [1.29, 1.82) is 0 Å². The van der Waals surface area contributed by atoms with Crippen molar-refractivity contribution in [3.8, 4) is 11.1 Å². The highest BCUT2D eigenvalue weighted by atomic mass is 14.7. The van der Waals surface area contributed by atoms with Crippen molar-refractivity contribution in [2.24, 2.45) is 0 Å². The Hall–Kier alpha value is -2.42. The summed E-state index contributed by atoms with van der Waals surface area (Å²) in [6.07, 6.45) is 5.26. The van der Waals surface area contributed by atoms with Gasteiger partial charge in [-0.15, -0.1) is 0 Å². The molecule has 3 nitrogen and oxygen atoms in total. The first-order valence-corrected chi connectivity index (χ1v) is 5.39. The van der Waals surface area contributed by atoms with E-state index in [1.165, 1.54) is 0 Å². The van der Waals surface area contributed by atoms with E-state index in [9.17, 15) is 0 Å². The number of nitrogen functional groups attached to an aromatic ring is 1. The topological polar surface area (TPSA) is 51.8 Å². The Balaban J connectivity index is 2.22. The van der Waals surface area contributed by atoms with Gasteiger partial charge in [0.25, 0.3) is 0 Å². The van der Waals surface area contributed by atoms with Gasteiger partial charge in [0.1, 0.15) is 0 Å². The predicted molar refractivity (Wildman–Crippen MR) is 69.4 cm³/mol. The molecule has 1 aromatic carbocycles. The molecule has 0 saturated heterocycles. The van der Waals surface area contributed by atoms with E-state index in [0.717, 1.165) is 27.7 Å². The van der Waals surface area contributed by atoms with Gasteiger partial charge in [-0.2, -0.15) is 0 Å². The van der Waals surface area contributed by atoms with Crippen LogP contribution in [0.1, 0.15) is 0 Å². The van der Waals surface area contributed by atoms with Crippen molar-refractivity contribution in [3.05, 3.63) is 55.0 Å². The van der Waals surface area contributed by atoms with E-state index >= 15 is 0 Å². The van der Waals surface area contributed by atoms with Gasteiger partial charge in [0, 0.05) is 35.2 Å². The van der Waals surface area contributed by atoms with Crippen LogP contribution in [0.3, 0.4) is 0 Å². The molecule has 2 aromatic heterocycles. The zero-order chi connectivity index (χ0) is 11.7. The second-order valence-electron chi connectivity index (χ2n) is 3.87. The molecule has 0 saturated carbocycles. The highest BCUT2D eigenvalue weighted by Gasteiger charge is 2.03. The summed E-state index contributed by atoms with van der Waals surface area (Å²) in [6, 6.07) is 11.9. The summed E-state index contributed by atoms with van der Waals surface area (Å²) in [5.74, 6) is 0. The SMILES string of the molecule is Nc1ccncc1-c1ccc2cccnc2c1. The molecule has 0 aliphatic heterocycles. The quantitative estimate of drug-likeness (QED) is 0.687. The molecule has 2 N–H and O–H groups in total. The Kier molecular flexibility index (Phi) is 2.22. The number of hydrogen-bond donors (Lipinski definition) is 1. The minimum atomic E-state index is 0.732. The first-order valence-electron chi connectivity index (χ1n) is 5.39. The largest absolute Gasteiger partial charge is 0.398 e. The molecule has 0 fully saturated rings. The second-order valence-corrected chi connectivity index (χ2v) is 3.87. The van der Waals surface area contributed by atoms with Crippen molar-refractivity contribution < 1.29 is 0 Å². The summed E-state index contributed by atoms with van der Waals surface area (Å²) >= 11 is 0. The maximum atomic E-state index is 5.94. The maximum Gasteiger partial charge on any atom is 0.0708 e. The lowest BCUT2D eigenvalue weighted by molar-refractivity contribution is 1.33. The monoisotopic (exact) mass is 221 g/mol. The van der Waals surface area contributed by atoms with Crippen molar-refractivity contribution in [1.82, 2.24) is 9.97 Å². The highest BCUT2D eigenvalue weighted by molar-refractivity contribution is 5.86. The molecule has 0 atom stereocenters. The molecule has 2 heterocycles. The molecule has 0 spiro atoms. The van der Waals surface area contributed by atoms with E-state index in [-0.39, 0.29) is 0 Å². The van der Waals surface area contributed by atoms with Crippen LogP contribution in [-0.4, -0.2) is 9.97 Å². The van der Waals surface area contributed by atoms with E-state index in [2.05, 4.69) is 9.97 Å².